The number of benzene rings is 3. The fourth-order valence-electron chi connectivity index (χ4n) is 2.79. The first kappa shape index (κ1) is 23.6. The minimum absolute atomic E-state index is 0.00554. The molecular weight excluding hydrogens is 474 g/mol. The number of nitrogens with one attached hydrogen (secondary N) is 3. The van der Waals surface area contributed by atoms with E-state index in [1.54, 1.807) is 31.2 Å². The van der Waals surface area contributed by atoms with Gasteiger partial charge in [-0.3, -0.25) is 14.2 Å². The van der Waals surface area contributed by atoms with Crippen molar-refractivity contribution in [2.45, 2.75) is 11.8 Å². The van der Waals surface area contributed by atoms with Gasteiger partial charge in [-0.25, -0.2) is 16.8 Å². The van der Waals surface area contributed by atoms with Crippen molar-refractivity contribution in [3.63, 3.8) is 0 Å². The van der Waals surface area contributed by atoms with Crippen LogP contribution in [-0.4, -0.2) is 29.0 Å². The second-order valence-electron chi connectivity index (χ2n) is 6.96. The topological polar surface area (TPSA) is 121 Å². The first-order chi connectivity index (χ1) is 14.9. The largest absolute Gasteiger partial charge is 0.322 e. The highest BCUT2D eigenvalue weighted by Crippen LogP contribution is 2.24. The van der Waals surface area contributed by atoms with Crippen LogP contribution in [-0.2, 0) is 20.0 Å². The number of halogens is 1. The van der Waals surface area contributed by atoms with Crippen molar-refractivity contribution < 1.29 is 21.6 Å². The smallest absolute Gasteiger partial charge is 0.261 e. The van der Waals surface area contributed by atoms with Gasteiger partial charge in [-0.15, -0.1) is 0 Å². The molecule has 0 fully saturated rings. The molecule has 0 atom stereocenters. The molecule has 8 nitrogen and oxygen atoms in total. The van der Waals surface area contributed by atoms with Crippen molar-refractivity contribution in [2.75, 3.05) is 21.0 Å². The lowest BCUT2D eigenvalue weighted by atomic mass is 10.1. The Kier molecular flexibility index (Phi) is 6.77. The van der Waals surface area contributed by atoms with Crippen molar-refractivity contribution >= 4 is 54.6 Å². The van der Waals surface area contributed by atoms with Crippen LogP contribution in [0.25, 0.3) is 0 Å². The zero-order chi connectivity index (χ0) is 23.5. The Labute approximate surface area is 191 Å². The van der Waals surface area contributed by atoms with E-state index in [0.29, 0.717) is 22.0 Å². The zero-order valence-electron chi connectivity index (χ0n) is 17.1. The molecule has 3 aromatic rings. The molecule has 1 amide bonds. The average molecular weight is 494 g/mol. The number of sulfonamides is 2. The molecule has 0 saturated carbocycles. The van der Waals surface area contributed by atoms with Crippen molar-refractivity contribution in [1.29, 1.82) is 0 Å². The molecule has 3 N–H and O–H groups in total. The van der Waals surface area contributed by atoms with Gasteiger partial charge in [0.25, 0.3) is 15.9 Å². The minimum Gasteiger partial charge on any atom is -0.322 e. The number of carbonyl (C=O) groups is 1. The van der Waals surface area contributed by atoms with Crippen molar-refractivity contribution in [3.05, 3.63) is 82.9 Å². The van der Waals surface area contributed by atoms with E-state index in [4.69, 9.17) is 11.6 Å². The Morgan fingerprint density at radius 3 is 2.16 bits per heavy atom. The summed E-state index contributed by atoms with van der Waals surface area (Å²) in [6.07, 6.45) is 0.986. The quantitative estimate of drug-likeness (QED) is 0.458. The third kappa shape index (κ3) is 6.00. The predicted octanol–water partition coefficient (Wildman–Crippen LogP) is 4.07. The second-order valence-corrected chi connectivity index (χ2v) is 10.8. The third-order valence-electron chi connectivity index (χ3n) is 4.33. The van der Waals surface area contributed by atoms with E-state index in [9.17, 15) is 21.6 Å². The number of aryl methyl sites for hydroxylation is 1. The number of anilines is 3. The van der Waals surface area contributed by atoms with Crippen LogP contribution >= 0.6 is 11.6 Å². The summed E-state index contributed by atoms with van der Waals surface area (Å²) >= 11 is 5.95. The molecule has 0 radical (unpaired) electrons. The van der Waals surface area contributed by atoms with E-state index in [-0.39, 0.29) is 16.1 Å². The molecule has 0 aromatic heterocycles. The van der Waals surface area contributed by atoms with Crippen LogP contribution in [0.3, 0.4) is 0 Å². The van der Waals surface area contributed by atoms with E-state index >= 15 is 0 Å². The number of hydrogen-bond acceptors (Lipinski definition) is 5. The van der Waals surface area contributed by atoms with E-state index < -0.39 is 26.0 Å². The standard InChI is InChI=1S/C21H20ClN3O5S2/c1-14-7-8-15(22)13-20(14)25-32(29,30)17-11-9-16(10-12-17)23-21(26)18-5-3-4-6-19(18)24-31(2,27)28/h3-13,24-25H,1-2H3,(H,23,26). The molecule has 0 aliphatic rings. The monoisotopic (exact) mass is 493 g/mol. The third-order valence-corrected chi connectivity index (χ3v) is 6.54. The van der Waals surface area contributed by atoms with E-state index in [1.165, 1.54) is 42.5 Å². The lowest BCUT2D eigenvalue weighted by Crippen LogP contribution is -2.17. The highest BCUT2D eigenvalue weighted by molar-refractivity contribution is 7.92. The van der Waals surface area contributed by atoms with Gasteiger partial charge in [-0.05, 0) is 61.0 Å². The van der Waals surface area contributed by atoms with Gasteiger partial charge in [-0.1, -0.05) is 29.8 Å². The number of hydrogen-bond donors (Lipinski definition) is 3. The maximum absolute atomic E-state index is 12.7. The molecule has 3 aromatic carbocycles. The molecule has 3 rings (SSSR count). The van der Waals surface area contributed by atoms with Gasteiger partial charge < -0.3 is 5.32 Å². The zero-order valence-corrected chi connectivity index (χ0v) is 19.5. The number of carbonyl (C=O) groups excluding carboxylic acids is 1. The van der Waals surface area contributed by atoms with Crippen LogP contribution in [0.1, 0.15) is 15.9 Å². The Balaban J connectivity index is 1.78. The van der Waals surface area contributed by atoms with Crippen LogP contribution in [0.2, 0.25) is 5.02 Å². The summed E-state index contributed by atoms with van der Waals surface area (Å²) in [5.41, 5.74) is 1.66. The SMILES string of the molecule is Cc1ccc(Cl)cc1NS(=O)(=O)c1ccc(NC(=O)c2ccccc2NS(C)(=O)=O)cc1. The van der Waals surface area contributed by atoms with Gasteiger partial charge in [-0.2, -0.15) is 0 Å². The van der Waals surface area contributed by atoms with Crippen LogP contribution in [0.4, 0.5) is 17.1 Å². The lowest BCUT2D eigenvalue weighted by Gasteiger charge is -2.13. The maximum atomic E-state index is 12.7. The summed E-state index contributed by atoms with van der Waals surface area (Å²) in [6, 6.07) is 16.6. The highest BCUT2D eigenvalue weighted by atomic mass is 35.5. The summed E-state index contributed by atoms with van der Waals surface area (Å²) < 4.78 is 53.2. The van der Waals surface area contributed by atoms with Gasteiger partial charge in [0, 0.05) is 10.7 Å². The van der Waals surface area contributed by atoms with Gasteiger partial charge in [0.05, 0.1) is 28.1 Å². The van der Waals surface area contributed by atoms with E-state index in [1.807, 2.05) is 0 Å². The van der Waals surface area contributed by atoms with Gasteiger partial charge >= 0.3 is 0 Å². The van der Waals surface area contributed by atoms with E-state index in [2.05, 4.69) is 14.8 Å². The fourth-order valence-corrected chi connectivity index (χ4v) is 4.66. The Morgan fingerprint density at radius 1 is 0.844 bits per heavy atom. The average Bonchev–Trinajstić information content (AvgIpc) is 2.70. The molecule has 0 aliphatic heterocycles. The van der Waals surface area contributed by atoms with Gasteiger partial charge in [0.1, 0.15) is 0 Å². The summed E-state index contributed by atoms with van der Waals surface area (Å²) in [7, 11) is -7.45. The Bertz CT molecular complexity index is 1370. The molecule has 32 heavy (non-hydrogen) atoms. The number of para-hydroxylation sites is 1. The van der Waals surface area contributed by atoms with Crippen molar-refractivity contribution in [3.8, 4) is 0 Å². The predicted molar refractivity (Wildman–Crippen MR) is 126 cm³/mol. The van der Waals surface area contributed by atoms with Crippen LogP contribution in [0.15, 0.2) is 71.6 Å². The summed E-state index contributed by atoms with van der Waals surface area (Å²) in [5, 5.41) is 3.02. The molecule has 0 unspecified atom stereocenters. The molecule has 0 spiro atoms. The summed E-state index contributed by atoms with van der Waals surface area (Å²) in [5.74, 6) is -0.556. The molecule has 11 heteroatoms. The highest BCUT2D eigenvalue weighted by Gasteiger charge is 2.17. The second kappa shape index (κ2) is 9.19. The van der Waals surface area contributed by atoms with Gasteiger partial charge in [0.2, 0.25) is 10.0 Å². The molecule has 0 saturated heterocycles. The molecular formula is C21H20ClN3O5S2. The van der Waals surface area contributed by atoms with Crippen LogP contribution in [0, 0.1) is 6.92 Å². The molecule has 0 bridgehead atoms. The van der Waals surface area contributed by atoms with Gasteiger partial charge in [0.15, 0.2) is 0 Å². The Hall–Kier alpha value is -3.08. The summed E-state index contributed by atoms with van der Waals surface area (Å²) in [4.78, 5) is 12.6. The maximum Gasteiger partial charge on any atom is 0.261 e. The minimum atomic E-state index is -3.88. The van der Waals surface area contributed by atoms with Crippen LogP contribution < -0.4 is 14.8 Å². The Morgan fingerprint density at radius 2 is 1.50 bits per heavy atom. The molecule has 168 valence electrons. The van der Waals surface area contributed by atoms with Crippen LogP contribution in [0.5, 0.6) is 0 Å². The van der Waals surface area contributed by atoms with E-state index in [0.717, 1.165) is 6.26 Å². The lowest BCUT2D eigenvalue weighted by molar-refractivity contribution is 0.102. The number of rotatable bonds is 7. The van der Waals surface area contributed by atoms with Crippen molar-refractivity contribution in [2.24, 2.45) is 0 Å². The summed E-state index contributed by atoms with van der Waals surface area (Å²) in [6.45, 7) is 1.75. The number of amides is 1. The van der Waals surface area contributed by atoms with Crippen molar-refractivity contribution in [1.82, 2.24) is 0 Å². The first-order valence-electron chi connectivity index (χ1n) is 9.22. The molecule has 0 aliphatic carbocycles. The fraction of sp³-hybridized carbons (Fsp3) is 0.0952. The first-order valence-corrected chi connectivity index (χ1v) is 13.0. The molecule has 0 heterocycles. The normalized spacial score (nSPS) is 11.6.